The summed E-state index contributed by atoms with van der Waals surface area (Å²) in [5, 5.41) is 11.3. The van der Waals surface area contributed by atoms with Crippen molar-refractivity contribution in [3.05, 3.63) is 28.7 Å². The number of likely N-dealkylation sites (N-methyl/N-ethyl adjacent to an activating group) is 1. The summed E-state index contributed by atoms with van der Waals surface area (Å²) in [4.78, 5) is 4.44. The molecule has 7 heteroatoms. The lowest BCUT2D eigenvalue weighted by atomic mass is 10.1. The van der Waals surface area contributed by atoms with Gasteiger partial charge in [-0.15, -0.1) is 12.4 Å². The molecule has 1 N–H and O–H groups in total. The second-order valence-electron chi connectivity index (χ2n) is 4.91. The molecule has 0 bridgehead atoms. The molecule has 118 valence electrons. The summed E-state index contributed by atoms with van der Waals surface area (Å²) in [6.45, 7) is 6.20. The highest BCUT2D eigenvalue weighted by Gasteiger charge is 2.17. The minimum Gasteiger partial charge on any atom is -0.361 e. The van der Waals surface area contributed by atoms with Gasteiger partial charge >= 0.3 is 0 Å². The molecule has 1 unspecified atom stereocenters. The van der Waals surface area contributed by atoms with Gasteiger partial charge in [0.1, 0.15) is 5.76 Å². The first-order chi connectivity index (χ1) is 9.67. The summed E-state index contributed by atoms with van der Waals surface area (Å²) < 4.78 is 10.7. The zero-order valence-corrected chi connectivity index (χ0v) is 13.8. The van der Waals surface area contributed by atoms with Crippen LogP contribution in [0, 0.1) is 0 Å². The normalized spacial score (nSPS) is 12.2. The molecule has 6 nitrogen and oxygen atoms in total. The maximum Gasteiger partial charge on any atom is 0.231 e. The molecule has 2 aromatic rings. The summed E-state index contributed by atoms with van der Waals surface area (Å²) in [6.07, 6.45) is 3.01. The van der Waals surface area contributed by atoms with Gasteiger partial charge in [-0.25, -0.2) is 0 Å². The van der Waals surface area contributed by atoms with Crippen LogP contribution < -0.4 is 5.32 Å². The van der Waals surface area contributed by atoms with Gasteiger partial charge in [0, 0.05) is 24.4 Å². The molecule has 2 aromatic heterocycles. The van der Waals surface area contributed by atoms with E-state index < -0.39 is 0 Å². The highest BCUT2D eigenvalue weighted by Crippen LogP contribution is 2.19. The second kappa shape index (κ2) is 8.14. The number of aromatic nitrogens is 3. The fourth-order valence-electron chi connectivity index (χ4n) is 2.11. The molecule has 2 rings (SSSR count). The Morgan fingerprint density at radius 2 is 1.90 bits per heavy atom. The summed E-state index contributed by atoms with van der Waals surface area (Å²) in [5.41, 5.74) is 2.07. The molecule has 0 saturated heterocycles. The molecule has 0 aliphatic carbocycles. The maximum absolute atomic E-state index is 5.35. The number of nitrogens with zero attached hydrogens (tertiary/aromatic N) is 3. The SMILES string of the molecule is CCc1noc(CC)c1Cc1nc(CC(C)NC)no1.Cl. The quantitative estimate of drug-likeness (QED) is 0.845. The third-order valence-electron chi connectivity index (χ3n) is 3.43. The predicted octanol–water partition coefficient (Wildman–Crippen LogP) is 2.35. The van der Waals surface area contributed by atoms with E-state index in [1.807, 2.05) is 7.05 Å². The zero-order valence-electron chi connectivity index (χ0n) is 13.0. The Bertz CT molecular complexity index is 531. The number of halogens is 1. The highest BCUT2D eigenvalue weighted by atomic mass is 35.5. The van der Waals surface area contributed by atoms with Crippen molar-refractivity contribution >= 4 is 12.4 Å². The molecule has 0 radical (unpaired) electrons. The first-order valence-corrected chi connectivity index (χ1v) is 7.12. The van der Waals surface area contributed by atoms with E-state index in [0.717, 1.165) is 42.1 Å². The summed E-state index contributed by atoms with van der Waals surface area (Å²) in [7, 11) is 1.92. The number of rotatable bonds is 7. The number of aryl methyl sites for hydroxylation is 2. The lowest BCUT2D eigenvalue weighted by Crippen LogP contribution is -2.24. The Labute approximate surface area is 131 Å². The zero-order chi connectivity index (χ0) is 14.5. The van der Waals surface area contributed by atoms with E-state index in [9.17, 15) is 0 Å². The lowest BCUT2D eigenvalue weighted by Gasteiger charge is -2.04. The van der Waals surface area contributed by atoms with E-state index in [2.05, 4.69) is 41.4 Å². The fourth-order valence-corrected chi connectivity index (χ4v) is 2.11. The van der Waals surface area contributed by atoms with Crippen LogP contribution in [0.15, 0.2) is 9.05 Å². The first kappa shape index (κ1) is 17.7. The van der Waals surface area contributed by atoms with Crippen LogP contribution >= 0.6 is 12.4 Å². The van der Waals surface area contributed by atoms with Crippen molar-refractivity contribution in [2.75, 3.05) is 7.05 Å². The third-order valence-corrected chi connectivity index (χ3v) is 3.43. The van der Waals surface area contributed by atoms with Crippen molar-refractivity contribution < 1.29 is 9.05 Å². The molecule has 2 heterocycles. The van der Waals surface area contributed by atoms with E-state index in [4.69, 9.17) is 9.05 Å². The summed E-state index contributed by atoms with van der Waals surface area (Å²) in [5.74, 6) is 2.26. The molecule has 0 aromatic carbocycles. The largest absolute Gasteiger partial charge is 0.361 e. The van der Waals surface area contributed by atoms with Crippen LogP contribution in [0.2, 0.25) is 0 Å². The maximum atomic E-state index is 5.35. The van der Waals surface area contributed by atoms with E-state index in [1.165, 1.54) is 0 Å². The van der Waals surface area contributed by atoms with Crippen LogP contribution in [0.4, 0.5) is 0 Å². The van der Waals surface area contributed by atoms with Gasteiger partial charge in [-0.1, -0.05) is 24.2 Å². The van der Waals surface area contributed by atoms with Gasteiger partial charge in [-0.2, -0.15) is 4.98 Å². The van der Waals surface area contributed by atoms with Gasteiger partial charge in [0.05, 0.1) is 12.1 Å². The van der Waals surface area contributed by atoms with Gasteiger partial charge in [0.15, 0.2) is 5.82 Å². The highest BCUT2D eigenvalue weighted by molar-refractivity contribution is 5.85. The van der Waals surface area contributed by atoms with Crippen molar-refractivity contribution in [1.29, 1.82) is 0 Å². The molecular weight excluding hydrogens is 292 g/mol. The molecule has 21 heavy (non-hydrogen) atoms. The predicted molar refractivity (Wildman–Crippen MR) is 81.8 cm³/mol. The minimum atomic E-state index is 0. The van der Waals surface area contributed by atoms with Crippen LogP contribution in [0.5, 0.6) is 0 Å². The molecule has 0 aliphatic rings. The van der Waals surface area contributed by atoms with Crippen LogP contribution in [-0.2, 0) is 25.7 Å². The number of hydrogen-bond acceptors (Lipinski definition) is 6. The number of hydrogen-bond donors (Lipinski definition) is 1. The average Bonchev–Trinajstić information content (AvgIpc) is 3.05. The second-order valence-corrected chi connectivity index (χ2v) is 4.91. The smallest absolute Gasteiger partial charge is 0.231 e. The standard InChI is InChI=1S/C14H22N4O2.ClH/c1-5-11-10(12(6-2)19-17-11)8-14-16-13(18-20-14)7-9(3)15-4;/h9,15H,5-8H2,1-4H3;1H. The fraction of sp³-hybridized carbons (Fsp3) is 0.643. The Balaban J connectivity index is 0.00000220. The van der Waals surface area contributed by atoms with E-state index in [0.29, 0.717) is 18.4 Å². The van der Waals surface area contributed by atoms with Gasteiger partial charge in [-0.3, -0.25) is 0 Å². The molecule has 0 aliphatic heterocycles. The first-order valence-electron chi connectivity index (χ1n) is 7.12. The van der Waals surface area contributed by atoms with E-state index in [1.54, 1.807) is 0 Å². The van der Waals surface area contributed by atoms with Gasteiger partial charge < -0.3 is 14.4 Å². The monoisotopic (exact) mass is 314 g/mol. The van der Waals surface area contributed by atoms with Crippen LogP contribution in [-0.4, -0.2) is 28.4 Å². The minimum absolute atomic E-state index is 0. The average molecular weight is 315 g/mol. The molecule has 0 fully saturated rings. The Morgan fingerprint density at radius 1 is 1.14 bits per heavy atom. The Morgan fingerprint density at radius 3 is 2.52 bits per heavy atom. The van der Waals surface area contributed by atoms with Crippen LogP contribution in [0.1, 0.15) is 49.5 Å². The summed E-state index contributed by atoms with van der Waals surface area (Å²) in [6, 6.07) is 0.327. The van der Waals surface area contributed by atoms with Crippen molar-refractivity contribution in [3.63, 3.8) is 0 Å². The molecule has 0 saturated carbocycles. The Kier molecular flexibility index (Phi) is 6.84. The van der Waals surface area contributed by atoms with Gasteiger partial charge in [0.25, 0.3) is 0 Å². The molecule has 0 amide bonds. The lowest BCUT2D eigenvalue weighted by molar-refractivity contribution is 0.371. The van der Waals surface area contributed by atoms with Crippen molar-refractivity contribution in [2.45, 2.75) is 52.5 Å². The van der Waals surface area contributed by atoms with E-state index in [-0.39, 0.29) is 12.4 Å². The topological polar surface area (TPSA) is 77.0 Å². The Hall–Kier alpha value is -1.40. The third kappa shape index (κ3) is 4.28. The number of nitrogens with one attached hydrogen (secondary N) is 1. The van der Waals surface area contributed by atoms with Crippen LogP contribution in [0.25, 0.3) is 0 Å². The van der Waals surface area contributed by atoms with E-state index >= 15 is 0 Å². The van der Waals surface area contributed by atoms with Crippen molar-refractivity contribution in [3.8, 4) is 0 Å². The van der Waals surface area contributed by atoms with Crippen molar-refractivity contribution in [2.24, 2.45) is 0 Å². The molecular formula is C14H23ClN4O2. The van der Waals surface area contributed by atoms with Gasteiger partial charge in [-0.05, 0) is 20.4 Å². The summed E-state index contributed by atoms with van der Waals surface area (Å²) >= 11 is 0. The van der Waals surface area contributed by atoms with Crippen LogP contribution in [0.3, 0.4) is 0 Å². The van der Waals surface area contributed by atoms with Crippen molar-refractivity contribution in [1.82, 2.24) is 20.6 Å². The van der Waals surface area contributed by atoms with Gasteiger partial charge in [0.2, 0.25) is 5.89 Å². The molecule has 0 spiro atoms. The molecule has 1 atom stereocenters.